The van der Waals surface area contributed by atoms with Crippen molar-refractivity contribution in [3.63, 3.8) is 0 Å². The van der Waals surface area contributed by atoms with Crippen LogP contribution in [0.15, 0.2) is 29.2 Å². The second kappa shape index (κ2) is 10.2. The number of benzene rings is 1. The molecule has 0 spiro atoms. The summed E-state index contributed by atoms with van der Waals surface area (Å²) in [6.07, 6.45) is 4.84. The molecule has 2 aromatic rings. The molecule has 0 aliphatic heterocycles. The number of halogens is 3. The first-order valence-corrected chi connectivity index (χ1v) is 15.9. The van der Waals surface area contributed by atoms with Crippen molar-refractivity contribution in [1.82, 2.24) is 9.99 Å². The van der Waals surface area contributed by atoms with Crippen molar-refractivity contribution in [2.75, 3.05) is 35.8 Å². The highest BCUT2D eigenvalue weighted by molar-refractivity contribution is 14.2. The zero-order chi connectivity index (χ0) is 24.6. The molecule has 2 aliphatic rings. The zero-order valence-corrected chi connectivity index (χ0v) is 22.8. The van der Waals surface area contributed by atoms with Crippen molar-refractivity contribution in [3.05, 3.63) is 35.4 Å². The van der Waals surface area contributed by atoms with Crippen LogP contribution in [0.5, 0.6) is 0 Å². The zero-order valence-electron chi connectivity index (χ0n) is 18.9. The average Bonchev–Trinajstić information content (AvgIpc) is 3.71. The van der Waals surface area contributed by atoms with Crippen LogP contribution in [-0.2, 0) is 4.79 Å². The van der Waals surface area contributed by atoms with E-state index < -0.39 is 24.2 Å². The summed E-state index contributed by atoms with van der Waals surface area (Å²) >= 11 is 3.77. The van der Waals surface area contributed by atoms with E-state index >= 15 is 0 Å². The van der Waals surface area contributed by atoms with Gasteiger partial charge in [0.05, 0.1) is 23.3 Å². The summed E-state index contributed by atoms with van der Waals surface area (Å²) in [6.45, 7) is 0. The average molecular weight is 619 g/mol. The van der Waals surface area contributed by atoms with Crippen molar-refractivity contribution in [2.24, 2.45) is 5.92 Å². The summed E-state index contributed by atoms with van der Waals surface area (Å²) in [5, 5.41) is 7.63. The van der Waals surface area contributed by atoms with Crippen LogP contribution in [0.4, 0.5) is 31.8 Å². The number of carbonyl (C=O) groups is 2. The Morgan fingerprint density at radius 2 is 2.00 bits per heavy atom. The molecule has 2 N–H and O–H groups in total. The number of anilines is 4. The van der Waals surface area contributed by atoms with Gasteiger partial charge >= 0.3 is 0 Å². The van der Waals surface area contributed by atoms with Crippen molar-refractivity contribution >= 4 is 75.4 Å². The monoisotopic (exact) mass is 619 g/mol. The number of nitrogens with zero attached hydrogens (tertiary/aromatic N) is 3. The van der Waals surface area contributed by atoms with Crippen molar-refractivity contribution in [2.45, 2.75) is 36.0 Å². The van der Waals surface area contributed by atoms with Gasteiger partial charge in [-0.2, -0.15) is 0 Å². The van der Waals surface area contributed by atoms with Crippen LogP contribution in [0.1, 0.15) is 41.1 Å². The Bertz CT molecular complexity index is 1120. The largest absolute Gasteiger partial charge is 0.354 e. The Balaban J connectivity index is 1.73. The van der Waals surface area contributed by atoms with Crippen LogP contribution in [0, 0.1) is 5.92 Å². The molecule has 12 heteroatoms. The van der Waals surface area contributed by atoms with E-state index in [0.717, 1.165) is 16.9 Å². The number of pyridine rings is 1. The molecular formula is C22H25F2IN5O2PS. The van der Waals surface area contributed by atoms with Gasteiger partial charge in [0, 0.05) is 31.5 Å². The lowest BCUT2D eigenvalue weighted by atomic mass is 10.1. The van der Waals surface area contributed by atoms with Gasteiger partial charge in [0.15, 0.2) is 12.1 Å². The third-order valence-corrected chi connectivity index (χ3v) is 8.69. The molecule has 2 saturated carbocycles. The summed E-state index contributed by atoms with van der Waals surface area (Å²) in [5.41, 5.74) is 2.86. The molecule has 182 valence electrons. The highest BCUT2D eigenvalue weighted by Crippen LogP contribution is 2.49. The SMILES string of the molecule is CSc1cc(C2CC2)ccc1Nc1cc(NC(=O)C2CC2(F)F)nc(N(PI)N(C)C)c1C=O. The number of hydrogen-bond donors (Lipinski definition) is 2. The second-order valence-electron chi connectivity index (χ2n) is 8.52. The Hall–Kier alpha value is -1.56. The number of nitrogens with one attached hydrogen (secondary N) is 2. The Morgan fingerprint density at radius 3 is 2.53 bits per heavy atom. The fourth-order valence-electron chi connectivity index (χ4n) is 3.63. The van der Waals surface area contributed by atoms with Crippen LogP contribution in [-0.4, -0.2) is 48.5 Å². The molecule has 0 saturated heterocycles. The minimum Gasteiger partial charge on any atom is -0.354 e. The fourth-order valence-corrected chi connectivity index (χ4v) is 6.60. The third-order valence-electron chi connectivity index (χ3n) is 5.77. The number of alkyl halides is 2. The molecule has 4 rings (SSSR count). The highest BCUT2D eigenvalue weighted by atomic mass is 127. The normalized spacial score (nSPS) is 18.9. The summed E-state index contributed by atoms with van der Waals surface area (Å²) in [7, 11) is 3.63. The maximum absolute atomic E-state index is 13.4. The van der Waals surface area contributed by atoms with E-state index in [4.69, 9.17) is 0 Å². The van der Waals surface area contributed by atoms with Gasteiger partial charge in [-0.25, -0.2) is 18.8 Å². The number of hydrogen-bond acceptors (Lipinski definition) is 7. The molecule has 0 radical (unpaired) electrons. The molecule has 1 aromatic carbocycles. The third kappa shape index (κ3) is 5.47. The van der Waals surface area contributed by atoms with Gasteiger partial charge in [-0.3, -0.25) is 14.4 Å². The molecule has 0 bridgehead atoms. The first-order chi connectivity index (χ1) is 16.2. The lowest BCUT2D eigenvalue weighted by Crippen LogP contribution is -2.31. The first kappa shape index (κ1) is 25.5. The molecule has 7 nitrogen and oxygen atoms in total. The van der Waals surface area contributed by atoms with E-state index in [0.29, 0.717) is 23.0 Å². The minimum absolute atomic E-state index is 0.109. The van der Waals surface area contributed by atoms with E-state index in [-0.39, 0.29) is 12.2 Å². The van der Waals surface area contributed by atoms with E-state index in [2.05, 4.69) is 49.8 Å². The van der Waals surface area contributed by atoms with Gasteiger partial charge in [0.25, 0.3) is 5.92 Å². The molecule has 2 unspecified atom stereocenters. The fraction of sp³-hybridized carbons (Fsp3) is 0.409. The Kier molecular flexibility index (Phi) is 7.66. The topological polar surface area (TPSA) is 77.6 Å². The number of carbonyl (C=O) groups excluding carboxylic acids is 2. The lowest BCUT2D eigenvalue weighted by molar-refractivity contribution is -0.119. The van der Waals surface area contributed by atoms with Gasteiger partial charge in [-0.1, -0.05) is 6.07 Å². The molecule has 1 amide bonds. The smallest absolute Gasteiger partial charge is 0.260 e. The minimum atomic E-state index is -2.98. The van der Waals surface area contributed by atoms with E-state index in [1.165, 1.54) is 24.5 Å². The van der Waals surface area contributed by atoms with Crippen LogP contribution < -0.4 is 15.4 Å². The van der Waals surface area contributed by atoms with E-state index in [9.17, 15) is 18.4 Å². The van der Waals surface area contributed by atoms with Crippen molar-refractivity contribution in [3.8, 4) is 0 Å². The van der Waals surface area contributed by atoms with Crippen molar-refractivity contribution in [1.29, 1.82) is 0 Å². The maximum atomic E-state index is 13.4. The summed E-state index contributed by atoms with van der Waals surface area (Å²) in [4.78, 5) is 30.1. The second-order valence-corrected chi connectivity index (χ2v) is 11.4. The molecule has 2 aliphatic carbocycles. The number of thioether (sulfide) groups is 1. The standard InChI is InChI=1S/C22H25F2IN5O2PS/c1-29(2)30(33-25)20-14(11-31)17(9-19(27-20)28-21(32)15-10-22(15,23)24)26-16-7-6-13(12-4-5-12)8-18(16)34-3/h6-9,11-12,15,33H,4-5,10H2,1-3H3,(H2,26,27,28,32). The Labute approximate surface area is 216 Å². The van der Waals surface area contributed by atoms with Gasteiger partial charge in [-0.15, -0.1) is 11.8 Å². The Morgan fingerprint density at radius 1 is 1.29 bits per heavy atom. The van der Waals surface area contributed by atoms with Gasteiger partial charge in [0.2, 0.25) is 5.91 Å². The van der Waals surface area contributed by atoms with Gasteiger partial charge < -0.3 is 10.6 Å². The van der Waals surface area contributed by atoms with Gasteiger partial charge in [-0.05, 0) is 64.8 Å². The molecule has 34 heavy (non-hydrogen) atoms. The lowest BCUT2D eigenvalue weighted by Gasteiger charge is -2.29. The summed E-state index contributed by atoms with van der Waals surface area (Å²) in [5.74, 6) is -4.06. The van der Waals surface area contributed by atoms with Crippen LogP contribution in [0.3, 0.4) is 0 Å². The number of aldehydes is 1. The quantitative estimate of drug-likeness (QED) is 0.110. The van der Waals surface area contributed by atoms with Crippen LogP contribution >= 0.6 is 40.2 Å². The first-order valence-electron chi connectivity index (χ1n) is 10.7. The van der Waals surface area contributed by atoms with Crippen molar-refractivity contribution < 1.29 is 18.4 Å². The number of aromatic nitrogens is 1. The van der Waals surface area contributed by atoms with Crippen LogP contribution in [0.25, 0.3) is 0 Å². The number of amides is 1. The maximum Gasteiger partial charge on any atom is 0.260 e. The molecule has 2 fully saturated rings. The highest BCUT2D eigenvalue weighted by Gasteiger charge is 2.61. The van der Waals surface area contributed by atoms with E-state index in [1.54, 1.807) is 21.6 Å². The molecule has 2 atom stereocenters. The van der Waals surface area contributed by atoms with Gasteiger partial charge in [0.1, 0.15) is 11.7 Å². The number of hydrazine groups is 1. The molecular weight excluding hydrogens is 594 g/mol. The van der Waals surface area contributed by atoms with Crippen LogP contribution in [0.2, 0.25) is 0 Å². The number of rotatable bonds is 10. The van der Waals surface area contributed by atoms with E-state index in [1.807, 2.05) is 26.4 Å². The molecule has 1 heterocycles. The summed E-state index contributed by atoms with van der Waals surface area (Å²) < 4.78 is 28.6. The summed E-state index contributed by atoms with van der Waals surface area (Å²) in [6, 6.07) is 7.75. The molecule has 1 aromatic heterocycles. The predicted octanol–water partition coefficient (Wildman–Crippen LogP) is 6.06. The predicted molar refractivity (Wildman–Crippen MR) is 143 cm³/mol.